The van der Waals surface area contributed by atoms with E-state index in [9.17, 15) is 0 Å². The molecule has 5 heteroatoms. The molecule has 224 valence electrons. The number of anilines is 2. The van der Waals surface area contributed by atoms with Gasteiger partial charge in [0.05, 0.1) is 0 Å². The maximum Gasteiger partial charge on any atom is 3.00 e. The molecular formula is C41H31IrN4. The normalized spacial score (nSPS) is 12.7. The van der Waals surface area contributed by atoms with E-state index in [0.29, 0.717) is 0 Å². The number of aryl methyl sites for hydroxylation is 3. The summed E-state index contributed by atoms with van der Waals surface area (Å²) < 4.78 is 2.40. The van der Waals surface area contributed by atoms with Crippen LogP contribution in [-0.2, 0) is 20.1 Å². The van der Waals surface area contributed by atoms with Crippen LogP contribution < -0.4 is 9.80 Å². The van der Waals surface area contributed by atoms with E-state index < -0.39 is 0 Å². The van der Waals surface area contributed by atoms with Crippen LogP contribution in [0.3, 0.4) is 0 Å². The van der Waals surface area contributed by atoms with Gasteiger partial charge < -0.3 is 19.2 Å². The van der Waals surface area contributed by atoms with E-state index in [0.717, 1.165) is 22.6 Å². The fourth-order valence-electron chi connectivity index (χ4n) is 6.24. The first-order chi connectivity index (χ1) is 22.1. The summed E-state index contributed by atoms with van der Waals surface area (Å²) in [5.41, 5.74) is 11.8. The molecule has 3 aromatic heterocycles. The molecule has 1 aliphatic heterocycles. The number of para-hydroxylation sites is 3. The summed E-state index contributed by atoms with van der Waals surface area (Å²) >= 11 is 0. The van der Waals surface area contributed by atoms with E-state index >= 15 is 0 Å². The molecule has 0 bridgehead atoms. The second kappa shape index (κ2) is 12.1. The van der Waals surface area contributed by atoms with Crippen LogP contribution in [0.25, 0.3) is 49.4 Å². The van der Waals surface area contributed by atoms with Crippen molar-refractivity contribution < 1.29 is 20.1 Å². The number of hydrogen-bond acceptors (Lipinski definition) is 3. The molecule has 0 saturated carbocycles. The SMILES string of the molecule is Cc1c[c-]c(-c2cc(C)c(C)cn2)cc1.[Ir+3].[c-]1cc2c3ccccc3n3c4ccccc4c(c1N1C=CN(c4ccccc4)[CH-]1)c23. The summed E-state index contributed by atoms with van der Waals surface area (Å²) in [5, 5.41) is 5.03. The minimum absolute atomic E-state index is 0. The number of hydrogen-bond donors (Lipinski definition) is 0. The predicted octanol–water partition coefficient (Wildman–Crippen LogP) is 10.0. The summed E-state index contributed by atoms with van der Waals surface area (Å²) in [5.74, 6) is 0. The van der Waals surface area contributed by atoms with Crippen molar-refractivity contribution in [3.05, 3.63) is 163 Å². The van der Waals surface area contributed by atoms with E-state index in [-0.39, 0.29) is 20.1 Å². The second-order valence-corrected chi connectivity index (χ2v) is 11.6. The number of aromatic nitrogens is 2. The minimum atomic E-state index is 0. The topological polar surface area (TPSA) is 23.8 Å². The van der Waals surface area contributed by atoms with Gasteiger partial charge in [0.15, 0.2) is 0 Å². The first-order valence-electron chi connectivity index (χ1n) is 15.2. The quantitative estimate of drug-likeness (QED) is 0.167. The maximum absolute atomic E-state index is 4.41. The molecule has 0 amide bonds. The first kappa shape index (κ1) is 29.7. The Morgan fingerprint density at radius 2 is 1.35 bits per heavy atom. The monoisotopic (exact) mass is 772 g/mol. The van der Waals surface area contributed by atoms with Gasteiger partial charge in [-0.25, -0.2) is 0 Å². The van der Waals surface area contributed by atoms with E-state index in [2.05, 4.69) is 168 Å². The Balaban J connectivity index is 0.000000180. The van der Waals surface area contributed by atoms with Crippen LogP contribution in [-0.4, -0.2) is 9.38 Å². The third-order valence-electron chi connectivity index (χ3n) is 8.72. The molecule has 0 aliphatic carbocycles. The number of fused-ring (bicyclic) bond motifs is 6. The summed E-state index contributed by atoms with van der Waals surface area (Å²) in [6, 6.07) is 44.9. The van der Waals surface area contributed by atoms with Gasteiger partial charge in [0.25, 0.3) is 0 Å². The summed E-state index contributed by atoms with van der Waals surface area (Å²) in [7, 11) is 0. The van der Waals surface area contributed by atoms with Crippen molar-refractivity contribution in [1.82, 2.24) is 9.38 Å². The standard InChI is InChI=1S/C27H17N3.C14H14N.Ir/c1-2-8-19(9-3-1)28-16-17-29(18-28)25-15-14-21-20-10-4-6-12-23(20)30-24-13-7-5-11-22(24)26(25)27(21)30;1-10-4-6-13(7-5-10)14-8-11(2)12(3)9-15-14;/h1-14,16-18H;4-6,8-9H,1-3H3;/q-2;-1;+3. The van der Waals surface area contributed by atoms with Gasteiger partial charge in [-0.05, 0) is 78.1 Å². The van der Waals surface area contributed by atoms with Crippen molar-refractivity contribution >= 4 is 49.5 Å². The van der Waals surface area contributed by atoms with Crippen LogP contribution in [0.1, 0.15) is 16.7 Å². The number of benzene rings is 5. The van der Waals surface area contributed by atoms with Crippen LogP contribution in [0, 0.1) is 39.6 Å². The van der Waals surface area contributed by atoms with Crippen LogP contribution in [0.4, 0.5) is 11.4 Å². The third-order valence-corrected chi connectivity index (χ3v) is 8.72. The second-order valence-electron chi connectivity index (χ2n) is 11.6. The first-order valence-corrected chi connectivity index (χ1v) is 15.2. The zero-order valence-corrected chi connectivity index (χ0v) is 28.2. The van der Waals surface area contributed by atoms with Crippen molar-refractivity contribution in [2.24, 2.45) is 0 Å². The number of rotatable bonds is 3. The van der Waals surface area contributed by atoms with Crippen LogP contribution >= 0.6 is 0 Å². The fourth-order valence-corrected chi connectivity index (χ4v) is 6.24. The Labute approximate surface area is 282 Å². The molecule has 0 atom stereocenters. The van der Waals surface area contributed by atoms with E-state index in [1.54, 1.807) is 0 Å². The zero-order valence-electron chi connectivity index (χ0n) is 25.8. The molecule has 0 radical (unpaired) electrons. The largest absolute Gasteiger partial charge is 3.00 e. The summed E-state index contributed by atoms with van der Waals surface area (Å²) in [4.78, 5) is 8.72. The average Bonchev–Trinajstić information content (AvgIpc) is 3.80. The molecule has 1 aliphatic rings. The molecule has 4 nitrogen and oxygen atoms in total. The van der Waals surface area contributed by atoms with Crippen molar-refractivity contribution in [3.63, 3.8) is 0 Å². The smallest absolute Gasteiger partial charge is 0.499 e. The van der Waals surface area contributed by atoms with Crippen molar-refractivity contribution in [2.75, 3.05) is 9.80 Å². The van der Waals surface area contributed by atoms with Gasteiger partial charge in [-0.1, -0.05) is 84.2 Å². The molecule has 0 spiro atoms. The third kappa shape index (κ3) is 5.02. The van der Waals surface area contributed by atoms with Gasteiger partial charge in [0.1, 0.15) is 0 Å². The predicted molar refractivity (Wildman–Crippen MR) is 187 cm³/mol. The Hall–Kier alpha value is -4.96. The van der Waals surface area contributed by atoms with Crippen molar-refractivity contribution in [2.45, 2.75) is 20.8 Å². The molecule has 0 fully saturated rings. The zero-order chi connectivity index (χ0) is 30.5. The Morgan fingerprint density at radius 3 is 2.09 bits per heavy atom. The van der Waals surface area contributed by atoms with E-state index in [1.807, 2.05) is 18.3 Å². The van der Waals surface area contributed by atoms with Crippen molar-refractivity contribution in [1.29, 1.82) is 0 Å². The number of pyridine rings is 1. The van der Waals surface area contributed by atoms with Crippen LogP contribution in [0.2, 0.25) is 0 Å². The average molecular weight is 772 g/mol. The Kier molecular flexibility index (Phi) is 7.82. The van der Waals surface area contributed by atoms with Crippen molar-refractivity contribution in [3.8, 4) is 11.3 Å². The van der Waals surface area contributed by atoms with Gasteiger partial charge in [0.2, 0.25) is 0 Å². The molecule has 46 heavy (non-hydrogen) atoms. The molecule has 4 heterocycles. The Morgan fingerprint density at radius 1 is 0.652 bits per heavy atom. The summed E-state index contributed by atoms with van der Waals surface area (Å²) in [6.45, 7) is 8.37. The van der Waals surface area contributed by atoms with Gasteiger partial charge in [-0.3, -0.25) is 0 Å². The maximum atomic E-state index is 4.41. The van der Waals surface area contributed by atoms with Gasteiger partial charge >= 0.3 is 20.1 Å². The van der Waals surface area contributed by atoms with Gasteiger partial charge in [0, 0.05) is 22.9 Å². The molecule has 8 aromatic rings. The minimum Gasteiger partial charge on any atom is -0.499 e. The van der Waals surface area contributed by atoms with Crippen LogP contribution in [0.5, 0.6) is 0 Å². The molecule has 5 aromatic carbocycles. The molecule has 0 unspecified atom stereocenters. The van der Waals surface area contributed by atoms with Crippen LogP contribution in [0.15, 0.2) is 128 Å². The Bertz CT molecular complexity index is 2340. The molecule has 9 rings (SSSR count). The van der Waals surface area contributed by atoms with E-state index in [1.165, 1.54) is 54.8 Å². The molecular weight excluding hydrogens is 741 g/mol. The van der Waals surface area contributed by atoms with Gasteiger partial charge in [-0.15, -0.1) is 47.4 Å². The summed E-state index contributed by atoms with van der Waals surface area (Å²) in [6.07, 6.45) is 6.12. The molecule has 0 N–H and O–H groups in total. The fraction of sp³-hybridized carbons (Fsp3) is 0.0732. The van der Waals surface area contributed by atoms with Gasteiger partial charge in [-0.2, -0.15) is 12.1 Å². The number of nitrogens with zero attached hydrogens (tertiary/aromatic N) is 4. The van der Waals surface area contributed by atoms with E-state index in [4.69, 9.17) is 0 Å². The molecule has 0 saturated heterocycles.